The number of nitrogens with zero attached hydrogens (tertiary/aromatic N) is 3. The lowest BCUT2D eigenvalue weighted by Gasteiger charge is -2.26. The van der Waals surface area contributed by atoms with Crippen LogP contribution in [-0.4, -0.2) is 28.9 Å². The molecule has 202 valence electrons. The number of amides is 1. The standard InChI is InChI=1S/C32H30N4O3S/c1-22-16-19-25(20-17-22)40(38,39)30-29-31(34-27-15-9-8-14-26(27)33-29)36(24-12-6-3-7-13-24)32(30)35-28(37)21-18-23-10-4-2-5-11-23/h2,4-5,8-11,14-21,24H,3,6-7,12-13H2,1H3,(H,35,37)/b21-18+. The van der Waals surface area contributed by atoms with Gasteiger partial charge in [-0.15, -0.1) is 0 Å². The maximum Gasteiger partial charge on any atom is 0.249 e. The number of fused-ring (bicyclic) bond motifs is 2. The Morgan fingerprint density at radius 2 is 1.52 bits per heavy atom. The molecule has 1 fully saturated rings. The van der Waals surface area contributed by atoms with E-state index in [2.05, 4.69) is 5.32 Å². The summed E-state index contributed by atoms with van der Waals surface area (Å²) in [6, 6.07) is 23.7. The summed E-state index contributed by atoms with van der Waals surface area (Å²) in [7, 11) is -4.07. The van der Waals surface area contributed by atoms with E-state index in [1.54, 1.807) is 30.3 Å². The lowest BCUT2D eigenvalue weighted by Crippen LogP contribution is -2.20. The van der Waals surface area contributed by atoms with Gasteiger partial charge in [-0.25, -0.2) is 18.4 Å². The van der Waals surface area contributed by atoms with Crippen molar-refractivity contribution in [1.29, 1.82) is 0 Å². The number of sulfone groups is 1. The number of carbonyl (C=O) groups excluding carboxylic acids is 1. The monoisotopic (exact) mass is 550 g/mol. The fourth-order valence-electron chi connectivity index (χ4n) is 5.43. The number of hydrogen-bond acceptors (Lipinski definition) is 5. The van der Waals surface area contributed by atoms with Gasteiger partial charge in [0.2, 0.25) is 15.7 Å². The van der Waals surface area contributed by atoms with Crippen LogP contribution >= 0.6 is 0 Å². The van der Waals surface area contributed by atoms with E-state index in [4.69, 9.17) is 9.97 Å². The first-order valence-corrected chi connectivity index (χ1v) is 15.1. The van der Waals surface area contributed by atoms with Crippen LogP contribution in [0.25, 0.3) is 28.3 Å². The van der Waals surface area contributed by atoms with Crippen molar-refractivity contribution in [2.45, 2.75) is 54.9 Å². The summed E-state index contributed by atoms with van der Waals surface area (Å²) in [4.78, 5) is 23.2. The van der Waals surface area contributed by atoms with Crippen LogP contribution in [-0.2, 0) is 14.6 Å². The molecule has 2 heterocycles. The molecule has 40 heavy (non-hydrogen) atoms. The van der Waals surface area contributed by atoms with E-state index in [0.29, 0.717) is 16.7 Å². The minimum atomic E-state index is -4.07. The number of nitrogens with one attached hydrogen (secondary N) is 1. The van der Waals surface area contributed by atoms with Gasteiger partial charge in [-0.05, 0) is 55.7 Å². The average molecular weight is 551 g/mol. The Kier molecular flexibility index (Phi) is 6.94. The second-order valence-corrected chi connectivity index (χ2v) is 12.2. The lowest BCUT2D eigenvalue weighted by molar-refractivity contribution is -0.111. The molecule has 1 aliphatic carbocycles. The topological polar surface area (TPSA) is 94.0 Å². The molecule has 1 saturated carbocycles. The quantitative estimate of drug-likeness (QED) is 0.233. The van der Waals surface area contributed by atoms with Crippen molar-refractivity contribution in [2.75, 3.05) is 5.32 Å². The number of aromatic nitrogens is 3. The Labute approximate surface area is 233 Å². The number of anilines is 1. The summed E-state index contributed by atoms with van der Waals surface area (Å²) in [5.41, 5.74) is 3.83. The van der Waals surface area contributed by atoms with Crippen molar-refractivity contribution in [2.24, 2.45) is 0 Å². The van der Waals surface area contributed by atoms with Gasteiger partial charge in [0, 0.05) is 12.1 Å². The molecule has 0 radical (unpaired) electrons. The lowest BCUT2D eigenvalue weighted by atomic mass is 9.95. The SMILES string of the molecule is Cc1ccc(S(=O)(=O)c2c(NC(=O)/C=C/c3ccccc3)n(C3CCCCC3)c3nc4ccccc4nc23)cc1. The highest BCUT2D eigenvalue weighted by Gasteiger charge is 2.34. The van der Waals surface area contributed by atoms with Gasteiger partial charge in [0.15, 0.2) is 5.65 Å². The first-order chi connectivity index (χ1) is 19.4. The zero-order valence-electron chi connectivity index (χ0n) is 22.2. The second kappa shape index (κ2) is 10.7. The van der Waals surface area contributed by atoms with Crippen LogP contribution in [0, 0.1) is 6.92 Å². The van der Waals surface area contributed by atoms with Gasteiger partial charge < -0.3 is 9.88 Å². The molecule has 6 rings (SSSR count). The van der Waals surface area contributed by atoms with Crippen molar-refractivity contribution >= 4 is 49.8 Å². The van der Waals surface area contributed by atoms with Crippen LogP contribution < -0.4 is 5.32 Å². The molecular weight excluding hydrogens is 520 g/mol. The fourth-order valence-corrected chi connectivity index (χ4v) is 6.96. The van der Waals surface area contributed by atoms with E-state index in [-0.39, 0.29) is 27.2 Å². The van der Waals surface area contributed by atoms with Gasteiger partial charge in [-0.1, -0.05) is 79.4 Å². The number of carbonyl (C=O) groups is 1. The molecule has 0 atom stereocenters. The molecule has 3 aromatic carbocycles. The molecule has 1 N–H and O–H groups in total. The number of rotatable bonds is 6. The average Bonchev–Trinajstić information content (AvgIpc) is 3.29. The number of benzene rings is 3. The first-order valence-electron chi connectivity index (χ1n) is 13.6. The third-order valence-electron chi connectivity index (χ3n) is 7.46. The summed E-state index contributed by atoms with van der Waals surface area (Å²) in [5, 5.41) is 2.96. The molecule has 0 saturated heterocycles. The van der Waals surface area contributed by atoms with Crippen LogP contribution in [0.4, 0.5) is 5.82 Å². The van der Waals surface area contributed by atoms with Gasteiger partial charge in [0.1, 0.15) is 16.2 Å². The molecule has 7 nitrogen and oxygen atoms in total. The highest BCUT2D eigenvalue weighted by Crippen LogP contribution is 2.42. The molecule has 2 aromatic heterocycles. The maximum absolute atomic E-state index is 14.3. The second-order valence-electron chi connectivity index (χ2n) is 10.3. The van der Waals surface area contributed by atoms with Gasteiger partial charge >= 0.3 is 0 Å². The Bertz CT molecular complexity index is 1840. The predicted molar refractivity (Wildman–Crippen MR) is 158 cm³/mol. The van der Waals surface area contributed by atoms with Crippen LogP contribution in [0.1, 0.15) is 49.3 Å². The van der Waals surface area contributed by atoms with E-state index < -0.39 is 15.7 Å². The number of hydrogen-bond donors (Lipinski definition) is 1. The molecule has 1 aliphatic rings. The van der Waals surface area contributed by atoms with Crippen LogP contribution in [0.5, 0.6) is 0 Å². The van der Waals surface area contributed by atoms with Crippen molar-refractivity contribution in [3.8, 4) is 0 Å². The molecule has 8 heteroatoms. The third kappa shape index (κ3) is 4.91. The Morgan fingerprint density at radius 3 is 2.23 bits per heavy atom. The van der Waals surface area contributed by atoms with E-state index >= 15 is 0 Å². The minimum absolute atomic E-state index is 0.0120. The molecule has 0 aliphatic heterocycles. The van der Waals surface area contributed by atoms with Crippen molar-refractivity contribution in [1.82, 2.24) is 14.5 Å². The zero-order chi connectivity index (χ0) is 27.7. The Hall–Kier alpha value is -4.30. The van der Waals surface area contributed by atoms with E-state index in [1.807, 2.05) is 66.1 Å². The highest BCUT2D eigenvalue weighted by molar-refractivity contribution is 7.92. The molecule has 0 bridgehead atoms. The van der Waals surface area contributed by atoms with E-state index in [1.165, 1.54) is 6.08 Å². The molecule has 0 spiro atoms. The summed E-state index contributed by atoms with van der Waals surface area (Å²) in [6.45, 7) is 1.91. The van der Waals surface area contributed by atoms with Gasteiger partial charge in [-0.2, -0.15) is 0 Å². The summed E-state index contributed by atoms with van der Waals surface area (Å²) in [5.74, 6) is -0.200. The predicted octanol–water partition coefficient (Wildman–Crippen LogP) is 6.88. The summed E-state index contributed by atoms with van der Waals surface area (Å²) in [6.07, 6.45) is 8.04. The normalized spacial score (nSPS) is 14.7. The van der Waals surface area contributed by atoms with E-state index in [9.17, 15) is 13.2 Å². The molecule has 1 amide bonds. The van der Waals surface area contributed by atoms with Crippen LogP contribution in [0.2, 0.25) is 0 Å². The summed E-state index contributed by atoms with van der Waals surface area (Å²) >= 11 is 0. The van der Waals surface area contributed by atoms with Crippen molar-refractivity contribution in [3.63, 3.8) is 0 Å². The Balaban J connectivity index is 1.60. The molecular formula is C32H30N4O3S. The van der Waals surface area contributed by atoms with Crippen LogP contribution in [0.3, 0.4) is 0 Å². The third-order valence-corrected chi connectivity index (χ3v) is 9.28. The van der Waals surface area contributed by atoms with Gasteiger partial charge in [-0.3, -0.25) is 4.79 Å². The zero-order valence-corrected chi connectivity index (χ0v) is 23.1. The van der Waals surface area contributed by atoms with Crippen LogP contribution in [0.15, 0.2) is 94.7 Å². The van der Waals surface area contributed by atoms with Gasteiger partial charge in [0.25, 0.3) is 0 Å². The molecule has 5 aromatic rings. The number of aryl methyl sites for hydroxylation is 1. The maximum atomic E-state index is 14.3. The fraction of sp³-hybridized carbons (Fsp3) is 0.219. The van der Waals surface area contributed by atoms with E-state index in [0.717, 1.165) is 43.2 Å². The number of para-hydroxylation sites is 2. The van der Waals surface area contributed by atoms with Crippen molar-refractivity contribution in [3.05, 3.63) is 96.1 Å². The van der Waals surface area contributed by atoms with Crippen molar-refractivity contribution < 1.29 is 13.2 Å². The largest absolute Gasteiger partial charge is 0.307 e. The minimum Gasteiger partial charge on any atom is -0.307 e. The highest BCUT2D eigenvalue weighted by atomic mass is 32.2. The summed E-state index contributed by atoms with van der Waals surface area (Å²) < 4.78 is 30.6. The first kappa shape index (κ1) is 26.0. The smallest absolute Gasteiger partial charge is 0.249 e. The Morgan fingerprint density at radius 1 is 0.875 bits per heavy atom. The molecule has 0 unspecified atom stereocenters. The van der Waals surface area contributed by atoms with Gasteiger partial charge in [0.05, 0.1) is 15.9 Å².